The summed E-state index contributed by atoms with van der Waals surface area (Å²) in [7, 11) is 3.51. The molecule has 1 unspecified atom stereocenters. The fourth-order valence-electron chi connectivity index (χ4n) is 7.23. The third-order valence-electron chi connectivity index (χ3n) is 9.07. The number of benzene rings is 8. The van der Waals surface area contributed by atoms with Crippen LogP contribution in [0.5, 0.6) is 0 Å². The molecule has 0 aliphatic rings. The number of hydrogen-bond acceptors (Lipinski definition) is 0. The summed E-state index contributed by atoms with van der Waals surface area (Å²) in [6.45, 7) is 6.92. The van der Waals surface area contributed by atoms with Gasteiger partial charge in [0.25, 0.3) is 0 Å². The maximum absolute atomic E-state index is 3.65. The van der Waals surface area contributed by atoms with Gasteiger partial charge in [-0.15, -0.1) is 0 Å². The summed E-state index contributed by atoms with van der Waals surface area (Å²) >= 11 is 0. The van der Waals surface area contributed by atoms with Gasteiger partial charge in [0.2, 0.25) is 0 Å². The Morgan fingerprint density at radius 3 is 0.761 bits per heavy atom. The summed E-state index contributed by atoms with van der Waals surface area (Å²) in [5, 5.41) is 15.7. The summed E-state index contributed by atoms with van der Waals surface area (Å²) in [6.07, 6.45) is -3.59. The van der Waals surface area contributed by atoms with Crippen molar-refractivity contribution in [1.82, 2.24) is 0 Å². The van der Waals surface area contributed by atoms with Gasteiger partial charge >= 0.3 is 249 Å². The second-order valence-electron chi connectivity index (χ2n) is 12.9. The van der Waals surface area contributed by atoms with Crippen molar-refractivity contribution in [3.8, 4) is 0 Å². The summed E-state index contributed by atoms with van der Waals surface area (Å²) in [4.78, 5) is 0. The van der Waals surface area contributed by atoms with E-state index < -0.39 is 6.29 Å². The summed E-state index contributed by atoms with van der Waals surface area (Å²) in [5.74, 6) is 0. The van der Waals surface area contributed by atoms with Gasteiger partial charge in [-0.05, 0) is 0 Å². The van der Waals surface area contributed by atoms with Gasteiger partial charge in [-0.2, -0.15) is 0 Å². The normalized spacial score (nSPS) is 12.6. The SMILES string of the molecule is C[SiH](C)C.PP(c1cccc2ccccc12)(c1cccc2ccccc12)(c1cccc2ccccc12)c1cccc2ccccc12. The van der Waals surface area contributed by atoms with Crippen LogP contribution in [0.25, 0.3) is 43.1 Å². The summed E-state index contributed by atoms with van der Waals surface area (Å²) < 4.78 is 0. The minimum atomic E-state index is -3.59. The first-order chi connectivity index (χ1) is 22.4. The van der Waals surface area contributed by atoms with Crippen molar-refractivity contribution < 1.29 is 0 Å². The standard InChI is InChI=1S/C40H30P2.C3H10Si/c41-42(37-25-9-17-29-13-1-5-21-33(29)37,38-26-10-18-30-14-2-6-22-34(30)38,39-27-11-19-31-15-3-7-23-35(31)39)40-28-12-20-32-16-4-8-24-36(32)40;1-4(2)3/h1-28H,41H2;4H,1-3H3. The van der Waals surface area contributed by atoms with Gasteiger partial charge in [0.1, 0.15) is 0 Å². The Kier molecular flexibility index (Phi) is 8.12. The predicted molar refractivity (Wildman–Crippen MR) is 216 cm³/mol. The van der Waals surface area contributed by atoms with Crippen molar-refractivity contribution in [2.45, 2.75) is 19.6 Å². The molecule has 0 amide bonds. The number of rotatable bonds is 4. The van der Waals surface area contributed by atoms with Crippen LogP contribution in [0.4, 0.5) is 0 Å². The van der Waals surface area contributed by atoms with E-state index in [1.165, 1.54) is 64.3 Å². The summed E-state index contributed by atoms with van der Waals surface area (Å²) in [5.41, 5.74) is 0. The zero-order valence-electron chi connectivity index (χ0n) is 26.8. The predicted octanol–water partition coefficient (Wildman–Crippen LogP) is 10.3. The molecule has 226 valence electrons. The second-order valence-corrected chi connectivity index (χ2v) is 23.8. The Bertz CT molecular complexity index is 2000. The van der Waals surface area contributed by atoms with Crippen LogP contribution in [0, 0.1) is 0 Å². The molecule has 0 saturated heterocycles. The molecule has 0 aliphatic carbocycles. The van der Waals surface area contributed by atoms with Gasteiger partial charge < -0.3 is 0 Å². The molecule has 0 radical (unpaired) electrons. The van der Waals surface area contributed by atoms with E-state index >= 15 is 0 Å². The van der Waals surface area contributed by atoms with Crippen molar-refractivity contribution in [2.75, 3.05) is 0 Å². The van der Waals surface area contributed by atoms with Gasteiger partial charge in [-0.25, -0.2) is 0 Å². The van der Waals surface area contributed by atoms with Crippen LogP contribution < -0.4 is 21.2 Å². The fourth-order valence-corrected chi connectivity index (χ4v) is 15.9. The van der Waals surface area contributed by atoms with E-state index in [0.29, 0.717) is 0 Å². The van der Waals surface area contributed by atoms with E-state index in [0.717, 1.165) is 0 Å². The molecule has 0 fully saturated rings. The molecule has 0 N–H and O–H groups in total. The first kappa shape index (κ1) is 30.5. The fraction of sp³-hybridized carbons (Fsp3) is 0.0698. The monoisotopic (exact) mass is 646 g/mol. The van der Waals surface area contributed by atoms with Crippen molar-refractivity contribution in [3.63, 3.8) is 0 Å². The first-order valence-corrected chi connectivity index (χ1v) is 23.5. The van der Waals surface area contributed by atoms with Crippen LogP contribution >= 0.6 is 15.2 Å². The molecule has 0 aliphatic heterocycles. The third kappa shape index (κ3) is 4.82. The zero-order chi connectivity index (χ0) is 31.8. The maximum atomic E-state index is 3.65. The van der Waals surface area contributed by atoms with Gasteiger partial charge in [0, 0.05) is 8.80 Å². The Hall–Kier alpha value is -4.12. The molecule has 0 spiro atoms. The summed E-state index contributed by atoms with van der Waals surface area (Å²) in [6, 6.07) is 63.2. The molecule has 0 nitrogen and oxygen atoms in total. The van der Waals surface area contributed by atoms with Gasteiger partial charge in [-0.3, -0.25) is 0 Å². The van der Waals surface area contributed by atoms with Crippen molar-refractivity contribution in [3.05, 3.63) is 170 Å². The van der Waals surface area contributed by atoms with Crippen molar-refractivity contribution in [2.24, 2.45) is 0 Å². The second kappa shape index (κ2) is 12.2. The Labute approximate surface area is 276 Å². The number of hydrogen-bond donors (Lipinski definition) is 0. The van der Waals surface area contributed by atoms with E-state index in [9.17, 15) is 0 Å². The van der Waals surface area contributed by atoms with Crippen LogP contribution in [0.15, 0.2) is 170 Å². The van der Waals surface area contributed by atoms with Crippen LogP contribution in [0.3, 0.4) is 0 Å². The van der Waals surface area contributed by atoms with E-state index in [-0.39, 0.29) is 8.80 Å². The molecule has 8 aromatic rings. The van der Waals surface area contributed by atoms with Gasteiger partial charge in [-0.1, -0.05) is 19.6 Å². The van der Waals surface area contributed by atoms with Gasteiger partial charge in [0.05, 0.1) is 0 Å². The average molecular weight is 647 g/mol. The average Bonchev–Trinajstić information content (AvgIpc) is 3.10. The van der Waals surface area contributed by atoms with E-state index in [4.69, 9.17) is 0 Å². The minimum absolute atomic E-state index is 0.139. The molecular weight excluding hydrogens is 607 g/mol. The van der Waals surface area contributed by atoms with Crippen LogP contribution in [-0.2, 0) is 0 Å². The molecule has 0 bridgehead atoms. The quantitative estimate of drug-likeness (QED) is 0.132. The Morgan fingerprint density at radius 2 is 0.522 bits per heavy atom. The molecule has 1 atom stereocenters. The third-order valence-corrected chi connectivity index (χ3v) is 18.0. The molecule has 0 heterocycles. The first-order valence-electron chi connectivity index (χ1n) is 16.2. The van der Waals surface area contributed by atoms with Crippen molar-refractivity contribution >= 4 is 88.3 Å². The van der Waals surface area contributed by atoms with Crippen molar-refractivity contribution in [1.29, 1.82) is 0 Å². The van der Waals surface area contributed by atoms with E-state index in [1.54, 1.807) is 0 Å². The molecule has 8 rings (SSSR count). The molecule has 0 saturated carbocycles. The molecule has 46 heavy (non-hydrogen) atoms. The molecular formula is C43H40P2Si. The zero-order valence-corrected chi connectivity index (χ0v) is 30.0. The Morgan fingerprint density at radius 1 is 0.326 bits per heavy atom. The van der Waals surface area contributed by atoms with Crippen LogP contribution in [0.2, 0.25) is 19.6 Å². The van der Waals surface area contributed by atoms with Gasteiger partial charge in [0.15, 0.2) is 0 Å². The molecule has 3 heteroatoms. The van der Waals surface area contributed by atoms with E-state index in [1.807, 2.05) is 0 Å². The van der Waals surface area contributed by atoms with Crippen LogP contribution in [0.1, 0.15) is 0 Å². The van der Waals surface area contributed by atoms with E-state index in [2.05, 4.69) is 198 Å². The Balaban J connectivity index is 0.000000801. The molecule has 8 aromatic carbocycles. The molecule has 0 aromatic heterocycles. The topological polar surface area (TPSA) is 0 Å². The van der Waals surface area contributed by atoms with Crippen LogP contribution in [-0.4, -0.2) is 8.80 Å². The number of fused-ring (bicyclic) bond motifs is 4.